The normalized spacial score (nSPS) is 20.6. The molecule has 1 aromatic rings. The van der Waals surface area contributed by atoms with Crippen molar-refractivity contribution in [1.29, 1.82) is 0 Å². The van der Waals surface area contributed by atoms with Gasteiger partial charge in [-0.05, 0) is 19.8 Å². The summed E-state index contributed by atoms with van der Waals surface area (Å²) >= 11 is 1.48. The molecule has 7 heteroatoms. The van der Waals surface area contributed by atoms with Crippen molar-refractivity contribution in [3.05, 3.63) is 16.1 Å². The van der Waals surface area contributed by atoms with E-state index in [4.69, 9.17) is 0 Å². The molecule has 1 aliphatic heterocycles. The lowest BCUT2D eigenvalue weighted by atomic mass is 9.98. The topological polar surface area (TPSA) is 79.4 Å². The van der Waals surface area contributed by atoms with Crippen molar-refractivity contribution in [2.45, 2.75) is 46.1 Å². The highest BCUT2D eigenvalue weighted by atomic mass is 32.1. The number of aryl methyl sites for hydroxylation is 1. The van der Waals surface area contributed by atoms with Crippen LogP contribution in [0.4, 0.5) is 4.79 Å². The van der Waals surface area contributed by atoms with Crippen LogP contribution in [-0.2, 0) is 16.0 Å². The molecule has 1 N–H and O–H groups in total. The van der Waals surface area contributed by atoms with Crippen LogP contribution < -0.4 is 5.32 Å². The number of barbiturate groups is 1. The molecule has 0 saturated carbocycles. The van der Waals surface area contributed by atoms with Crippen molar-refractivity contribution in [3.8, 4) is 0 Å². The van der Waals surface area contributed by atoms with Crippen LogP contribution in [0.5, 0.6) is 0 Å². The van der Waals surface area contributed by atoms with Crippen LogP contribution in [0.25, 0.3) is 0 Å². The van der Waals surface area contributed by atoms with Gasteiger partial charge in [0.25, 0.3) is 0 Å². The molecule has 0 radical (unpaired) electrons. The largest absolute Gasteiger partial charge is 0.331 e. The van der Waals surface area contributed by atoms with Gasteiger partial charge in [0.1, 0.15) is 10.9 Å². The van der Waals surface area contributed by atoms with E-state index in [0.717, 1.165) is 16.2 Å². The minimum absolute atomic E-state index is 0.425. The summed E-state index contributed by atoms with van der Waals surface area (Å²) in [5.74, 6) is -1.70. The van der Waals surface area contributed by atoms with Crippen molar-refractivity contribution >= 4 is 29.2 Å². The quantitative estimate of drug-likeness (QED) is 0.846. The smallest absolute Gasteiger partial charge is 0.277 e. The molecule has 2 atom stereocenters. The molecule has 1 fully saturated rings. The Bertz CT molecular complexity index is 570. The Morgan fingerprint density at radius 1 is 1.38 bits per heavy atom. The van der Waals surface area contributed by atoms with Crippen LogP contribution in [0.1, 0.15) is 49.5 Å². The zero-order chi connectivity index (χ0) is 15.6. The number of thiazole rings is 1. The molecule has 0 spiro atoms. The number of imide groups is 2. The molecule has 114 valence electrons. The van der Waals surface area contributed by atoms with Crippen molar-refractivity contribution < 1.29 is 14.4 Å². The summed E-state index contributed by atoms with van der Waals surface area (Å²) in [5, 5.41) is 2.98. The number of aromatic nitrogens is 1. The van der Waals surface area contributed by atoms with E-state index in [1.165, 1.54) is 11.3 Å². The van der Waals surface area contributed by atoms with Gasteiger partial charge >= 0.3 is 6.03 Å². The maximum absolute atomic E-state index is 12.4. The maximum Gasteiger partial charge on any atom is 0.331 e. The summed E-state index contributed by atoms with van der Waals surface area (Å²) in [7, 11) is 0. The zero-order valence-electron chi connectivity index (χ0n) is 12.4. The summed E-state index contributed by atoms with van der Waals surface area (Å²) in [6.07, 6.45) is 3.77. The van der Waals surface area contributed by atoms with Crippen LogP contribution in [-0.4, -0.2) is 27.7 Å². The second kappa shape index (κ2) is 6.34. The van der Waals surface area contributed by atoms with Gasteiger partial charge in [0.15, 0.2) is 0 Å². The second-order valence-electron chi connectivity index (χ2n) is 5.04. The van der Waals surface area contributed by atoms with E-state index in [0.29, 0.717) is 17.8 Å². The first-order valence-electron chi connectivity index (χ1n) is 7.12. The maximum atomic E-state index is 12.4. The van der Waals surface area contributed by atoms with E-state index in [1.54, 1.807) is 13.1 Å². The molecular formula is C14H19N3O3S. The average molecular weight is 309 g/mol. The summed E-state index contributed by atoms with van der Waals surface area (Å²) in [5.41, 5.74) is 0. The van der Waals surface area contributed by atoms with Gasteiger partial charge in [-0.15, -0.1) is 11.3 Å². The molecule has 4 amide bonds. The van der Waals surface area contributed by atoms with Gasteiger partial charge in [-0.25, -0.2) is 9.78 Å². The minimum atomic E-state index is -0.777. The lowest BCUT2D eigenvalue weighted by Crippen LogP contribution is -2.58. The van der Waals surface area contributed by atoms with Crippen molar-refractivity contribution in [1.82, 2.24) is 15.2 Å². The average Bonchev–Trinajstić information content (AvgIpc) is 2.92. The number of nitrogens with zero attached hydrogens (tertiary/aromatic N) is 2. The van der Waals surface area contributed by atoms with Crippen molar-refractivity contribution in [2.24, 2.45) is 5.92 Å². The van der Waals surface area contributed by atoms with Crippen molar-refractivity contribution in [3.63, 3.8) is 0 Å². The number of rotatable bonds is 5. The lowest BCUT2D eigenvalue weighted by Gasteiger charge is -2.33. The molecule has 2 heterocycles. The standard InChI is InChI=1S/C14H19N3O3S/c1-4-6-10-11(18)16-14(20)17(13(10)19)8(3)12-15-7-9(5-2)21-12/h7-8,10H,4-6H2,1-3H3,(H,16,18,20). The number of carbonyl (C=O) groups excluding carboxylic acids is 3. The van der Waals surface area contributed by atoms with Gasteiger partial charge in [0.05, 0.1) is 6.04 Å². The first kappa shape index (κ1) is 15.6. The fraction of sp³-hybridized carbons (Fsp3) is 0.571. The second-order valence-corrected chi connectivity index (χ2v) is 6.19. The summed E-state index contributed by atoms with van der Waals surface area (Å²) in [4.78, 5) is 42.7. The van der Waals surface area contributed by atoms with Gasteiger partial charge in [-0.2, -0.15) is 0 Å². The number of hydrogen-bond acceptors (Lipinski definition) is 5. The summed E-state index contributed by atoms with van der Waals surface area (Å²) in [6, 6.07) is -1.12. The highest BCUT2D eigenvalue weighted by molar-refractivity contribution is 7.11. The number of nitrogens with one attached hydrogen (secondary N) is 1. The molecule has 1 aromatic heterocycles. The third kappa shape index (κ3) is 2.97. The molecule has 2 rings (SSSR count). The number of amides is 4. The summed E-state index contributed by atoms with van der Waals surface area (Å²) in [6.45, 7) is 5.68. The Morgan fingerprint density at radius 3 is 2.67 bits per heavy atom. The van der Waals surface area contributed by atoms with Crippen LogP contribution in [0.15, 0.2) is 6.20 Å². The van der Waals surface area contributed by atoms with E-state index >= 15 is 0 Å². The van der Waals surface area contributed by atoms with E-state index in [9.17, 15) is 14.4 Å². The predicted molar refractivity (Wildman–Crippen MR) is 78.7 cm³/mol. The van der Waals surface area contributed by atoms with E-state index in [1.807, 2.05) is 13.8 Å². The van der Waals surface area contributed by atoms with Crippen molar-refractivity contribution in [2.75, 3.05) is 0 Å². The molecule has 2 unspecified atom stereocenters. The SMILES string of the molecule is CCCC1C(=O)NC(=O)N(C(C)c2ncc(CC)s2)C1=O. The first-order valence-corrected chi connectivity index (χ1v) is 7.93. The Morgan fingerprint density at radius 2 is 2.10 bits per heavy atom. The predicted octanol–water partition coefficient (Wildman–Crippen LogP) is 2.26. The molecule has 6 nitrogen and oxygen atoms in total. The summed E-state index contributed by atoms with van der Waals surface area (Å²) < 4.78 is 0. The molecular weight excluding hydrogens is 290 g/mol. The zero-order valence-corrected chi connectivity index (χ0v) is 13.2. The Kier molecular flexibility index (Phi) is 4.72. The van der Waals surface area contributed by atoms with Gasteiger partial charge < -0.3 is 0 Å². The van der Waals surface area contributed by atoms with Gasteiger partial charge in [-0.3, -0.25) is 19.8 Å². The van der Waals surface area contributed by atoms with Crippen LogP contribution in [0.2, 0.25) is 0 Å². The third-order valence-corrected chi connectivity index (χ3v) is 4.85. The van der Waals surface area contributed by atoms with E-state index in [2.05, 4.69) is 10.3 Å². The lowest BCUT2D eigenvalue weighted by molar-refractivity contribution is -0.144. The molecule has 1 aliphatic rings. The highest BCUT2D eigenvalue weighted by Crippen LogP contribution is 2.29. The van der Waals surface area contributed by atoms with E-state index in [-0.39, 0.29) is 0 Å². The molecule has 0 aromatic carbocycles. The fourth-order valence-electron chi connectivity index (χ4n) is 2.33. The number of urea groups is 1. The third-order valence-electron chi connectivity index (χ3n) is 3.54. The first-order chi connectivity index (χ1) is 9.99. The van der Waals surface area contributed by atoms with E-state index < -0.39 is 29.8 Å². The van der Waals surface area contributed by atoms with Crippen LogP contribution >= 0.6 is 11.3 Å². The molecule has 1 saturated heterocycles. The number of carbonyl (C=O) groups is 3. The highest BCUT2D eigenvalue weighted by Gasteiger charge is 2.42. The Balaban J connectivity index is 2.25. The Hall–Kier alpha value is -1.76. The molecule has 21 heavy (non-hydrogen) atoms. The van der Waals surface area contributed by atoms with Crippen LogP contribution in [0, 0.1) is 5.92 Å². The Labute approximate surface area is 127 Å². The molecule has 0 bridgehead atoms. The van der Waals surface area contributed by atoms with Gasteiger partial charge in [-0.1, -0.05) is 20.3 Å². The monoisotopic (exact) mass is 309 g/mol. The van der Waals surface area contributed by atoms with Gasteiger partial charge in [0, 0.05) is 11.1 Å². The number of hydrogen-bond donors (Lipinski definition) is 1. The van der Waals surface area contributed by atoms with Crippen LogP contribution in [0.3, 0.4) is 0 Å². The van der Waals surface area contributed by atoms with Gasteiger partial charge in [0.2, 0.25) is 11.8 Å². The molecule has 0 aliphatic carbocycles. The fourth-order valence-corrected chi connectivity index (χ4v) is 3.23. The minimum Gasteiger partial charge on any atom is -0.277 e.